The first-order chi connectivity index (χ1) is 19.5. The zero-order valence-electron chi connectivity index (χ0n) is 23.1. The lowest BCUT2D eigenvalue weighted by atomic mass is 10.0. The number of nitrogens with zero attached hydrogens (tertiary/aromatic N) is 3. The Morgan fingerprint density at radius 3 is 2.75 bits per heavy atom. The Hall–Kier alpha value is -4.04. The molecule has 0 spiro atoms. The maximum Gasteiger partial charge on any atom is 0.228 e. The molecule has 2 aromatic heterocycles. The number of aryl methyl sites for hydroxylation is 1. The second-order valence-corrected chi connectivity index (χ2v) is 11.1. The smallest absolute Gasteiger partial charge is 0.228 e. The monoisotopic (exact) mass is 536 g/mol. The highest BCUT2D eigenvalue weighted by Crippen LogP contribution is 2.39. The van der Waals surface area contributed by atoms with E-state index in [4.69, 9.17) is 9.72 Å². The normalized spacial score (nSPS) is 20.8. The molecule has 0 radical (unpaired) electrons. The molecule has 0 bridgehead atoms. The lowest BCUT2D eigenvalue weighted by Gasteiger charge is -2.23. The zero-order chi connectivity index (χ0) is 27.5. The van der Waals surface area contributed by atoms with E-state index >= 15 is 0 Å². The Kier molecular flexibility index (Phi) is 7.60. The summed E-state index contributed by atoms with van der Waals surface area (Å²) in [6.07, 6.45) is 8.72. The Morgan fingerprint density at radius 1 is 1.00 bits per heavy atom. The van der Waals surface area contributed by atoms with Crippen molar-refractivity contribution in [2.45, 2.75) is 52.0 Å². The second-order valence-electron chi connectivity index (χ2n) is 11.1. The van der Waals surface area contributed by atoms with E-state index < -0.39 is 0 Å². The van der Waals surface area contributed by atoms with Gasteiger partial charge in [-0.25, -0.2) is 15.0 Å². The lowest BCUT2D eigenvalue weighted by molar-refractivity contribution is -0.119. The lowest BCUT2D eigenvalue weighted by Crippen LogP contribution is -2.38. The quantitative estimate of drug-likeness (QED) is 0.254. The summed E-state index contributed by atoms with van der Waals surface area (Å²) >= 11 is 0. The number of fused-ring (bicyclic) bond motifs is 1. The van der Waals surface area contributed by atoms with E-state index in [9.17, 15) is 4.79 Å². The molecule has 1 saturated carbocycles. The van der Waals surface area contributed by atoms with Gasteiger partial charge in [0.25, 0.3) is 0 Å². The summed E-state index contributed by atoms with van der Waals surface area (Å²) in [5, 5.41) is 11.9. The van der Waals surface area contributed by atoms with Crippen LogP contribution in [0.1, 0.15) is 44.6 Å². The van der Waals surface area contributed by atoms with Crippen molar-refractivity contribution in [1.82, 2.24) is 20.3 Å². The first kappa shape index (κ1) is 26.2. The summed E-state index contributed by atoms with van der Waals surface area (Å²) in [6, 6.07) is 16.1. The number of piperidine rings is 1. The number of hydrogen-bond donors (Lipinski definition) is 3. The van der Waals surface area contributed by atoms with Crippen molar-refractivity contribution in [1.29, 1.82) is 0 Å². The molecular weight excluding hydrogens is 500 g/mol. The number of carbonyl (C=O) groups is 1. The molecule has 40 heavy (non-hydrogen) atoms. The Balaban J connectivity index is 1.29. The van der Waals surface area contributed by atoms with Crippen molar-refractivity contribution in [3.8, 4) is 22.9 Å². The average Bonchev–Trinajstić information content (AvgIpc) is 3.42. The van der Waals surface area contributed by atoms with Crippen molar-refractivity contribution in [2.75, 3.05) is 23.7 Å². The Morgan fingerprint density at radius 2 is 1.93 bits per heavy atom. The summed E-state index contributed by atoms with van der Waals surface area (Å²) in [5.41, 5.74) is 3.30. The van der Waals surface area contributed by atoms with Crippen LogP contribution in [0.3, 0.4) is 0 Å². The van der Waals surface area contributed by atoms with Crippen LogP contribution >= 0.6 is 0 Å². The number of amides is 1. The highest BCUT2D eigenvalue weighted by molar-refractivity contribution is 6.05. The molecule has 1 amide bonds. The van der Waals surface area contributed by atoms with Gasteiger partial charge in [-0.2, -0.15) is 0 Å². The zero-order valence-corrected chi connectivity index (χ0v) is 23.1. The molecular formula is C32H36N6O2. The third-order valence-electron chi connectivity index (χ3n) is 8.06. The second kappa shape index (κ2) is 11.6. The molecule has 3 heterocycles. The fraction of sp³-hybridized carbons (Fsp3) is 0.375. The van der Waals surface area contributed by atoms with Gasteiger partial charge in [0.2, 0.25) is 17.7 Å². The van der Waals surface area contributed by atoms with E-state index in [-0.39, 0.29) is 11.8 Å². The van der Waals surface area contributed by atoms with Gasteiger partial charge in [-0.15, -0.1) is 0 Å². The Bertz CT molecular complexity index is 1520. The molecule has 8 heteroatoms. The van der Waals surface area contributed by atoms with Crippen LogP contribution in [0.25, 0.3) is 22.0 Å². The molecule has 4 aromatic rings. The topological polar surface area (TPSA) is 101 Å². The standard InChI is InChI=1S/C32H36N6O2/c1-20-10-12-22(18-20)30(39)37-27-9-3-7-25-24(27)13-11-21(2)29(25)40-31-26(8-5-16-34-31)28-14-17-35-32(38-28)36-23-6-4-15-33-19-23/h3,5,7-9,11,13-14,16-17,20,22-23,33H,4,6,10,12,15,18-19H2,1-2H3,(H,37,39)(H,35,36,38)/t20?,22-,23-/m0/s1. The maximum atomic E-state index is 13.0. The summed E-state index contributed by atoms with van der Waals surface area (Å²) < 4.78 is 6.56. The van der Waals surface area contributed by atoms with E-state index in [1.54, 1.807) is 12.4 Å². The summed E-state index contributed by atoms with van der Waals surface area (Å²) in [6.45, 7) is 6.19. The van der Waals surface area contributed by atoms with Crippen molar-refractivity contribution < 1.29 is 9.53 Å². The van der Waals surface area contributed by atoms with Crippen LogP contribution in [0, 0.1) is 18.8 Å². The van der Waals surface area contributed by atoms with Gasteiger partial charge in [0, 0.05) is 47.4 Å². The van der Waals surface area contributed by atoms with E-state index in [0.29, 0.717) is 29.5 Å². The third kappa shape index (κ3) is 5.63. The third-order valence-corrected chi connectivity index (χ3v) is 8.06. The molecule has 1 aliphatic carbocycles. The number of rotatable bonds is 7. The average molecular weight is 537 g/mol. The summed E-state index contributed by atoms with van der Waals surface area (Å²) in [4.78, 5) is 26.9. The fourth-order valence-electron chi connectivity index (χ4n) is 5.86. The van der Waals surface area contributed by atoms with E-state index in [1.165, 1.54) is 0 Å². The minimum absolute atomic E-state index is 0.0733. The van der Waals surface area contributed by atoms with Crippen molar-refractivity contribution in [2.24, 2.45) is 11.8 Å². The molecule has 2 aromatic carbocycles. The molecule has 1 aliphatic heterocycles. The highest BCUT2D eigenvalue weighted by Gasteiger charge is 2.28. The predicted molar refractivity (Wildman–Crippen MR) is 159 cm³/mol. The van der Waals surface area contributed by atoms with Gasteiger partial charge in [-0.3, -0.25) is 4.79 Å². The highest BCUT2D eigenvalue weighted by atomic mass is 16.5. The molecule has 2 fully saturated rings. The number of anilines is 2. The van der Waals surface area contributed by atoms with Gasteiger partial charge in [0.05, 0.1) is 11.3 Å². The molecule has 1 unspecified atom stereocenters. The summed E-state index contributed by atoms with van der Waals surface area (Å²) in [7, 11) is 0. The summed E-state index contributed by atoms with van der Waals surface area (Å²) in [5.74, 6) is 2.55. The maximum absolute atomic E-state index is 13.0. The number of ether oxygens (including phenoxy) is 1. The van der Waals surface area contributed by atoms with Crippen LogP contribution in [0.4, 0.5) is 11.6 Å². The SMILES string of the molecule is Cc1ccc2c(NC(=O)[C@H]3CCC(C)C3)cccc2c1Oc1ncccc1-c1ccnc(N[C@H]2CCCNC2)n1. The fourth-order valence-corrected chi connectivity index (χ4v) is 5.86. The van der Waals surface area contributed by atoms with Gasteiger partial charge in [-0.1, -0.05) is 31.2 Å². The minimum Gasteiger partial charge on any atom is -0.437 e. The van der Waals surface area contributed by atoms with Gasteiger partial charge in [0.1, 0.15) is 5.75 Å². The molecule has 6 rings (SSSR count). The van der Waals surface area contributed by atoms with Crippen LogP contribution in [0.15, 0.2) is 60.9 Å². The molecule has 1 saturated heterocycles. The van der Waals surface area contributed by atoms with Crippen LogP contribution < -0.4 is 20.7 Å². The first-order valence-corrected chi connectivity index (χ1v) is 14.3. The van der Waals surface area contributed by atoms with Gasteiger partial charge in [-0.05, 0) is 81.3 Å². The molecule has 2 aliphatic rings. The van der Waals surface area contributed by atoms with E-state index in [2.05, 4.69) is 32.8 Å². The van der Waals surface area contributed by atoms with Gasteiger partial charge in [0.15, 0.2) is 0 Å². The molecule has 206 valence electrons. The largest absolute Gasteiger partial charge is 0.437 e. The van der Waals surface area contributed by atoms with E-state index in [0.717, 1.165) is 78.5 Å². The van der Waals surface area contributed by atoms with Gasteiger partial charge >= 0.3 is 0 Å². The number of hydrogen-bond acceptors (Lipinski definition) is 7. The minimum atomic E-state index is 0.0733. The number of carbonyl (C=O) groups excluding carboxylic acids is 1. The Labute approximate surface area is 235 Å². The van der Waals surface area contributed by atoms with Crippen molar-refractivity contribution in [3.63, 3.8) is 0 Å². The molecule has 3 N–H and O–H groups in total. The van der Waals surface area contributed by atoms with Crippen LogP contribution in [-0.2, 0) is 4.79 Å². The van der Waals surface area contributed by atoms with Gasteiger partial charge < -0.3 is 20.7 Å². The van der Waals surface area contributed by atoms with Crippen LogP contribution in [0.2, 0.25) is 0 Å². The number of aromatic nitrogens is 3. The van der Waals surface area contributed by atoms with Crippen LogP contribution in [-0.4, -0.2) is 40.0 Å². The molecule has 8 nitrogen and oxygen atoms in total. The number of benzene rings is 2. The predicted octanol–water partition coefficient (Wildman–Crippen LogP) is 6.33. The molecule has 3 atom stereocenters. The number of nitrogens with one attached hydrogen (secondary N) is 3. The number of pyridine rings is 1. The van der Waals surface area contributed by atoms with Crippen molar-refractivity contribution in [3.05, 3.63) is 66.5 Å². The van der Waals surface area contributed by atoms with Crippen molar-refractivity contribution >= 4 is 28.3 Å². The first-order valence-electron chi connectivity index (χ1n) is 14.3. The van der Waals surface area contributed by atoms with E-state index in [1.807, 2.05) is 55.5 Å². The van der Waals surface area contributed by atoms with Crippen LogP contribution in [0.5, 0.6) is 11.6 Å².